The zero-order valence-electron chi connectivity index (χ0n) is 11.4. The van der Waals surface area contributed by atoms with E-state index in [1.165, 1.54) is 12.1 Å². The Balaban J connectivity index is 2.49. The van der Waals surface area contributed by atoms with Gasteiger partial charge in [-0.15, -0.1) is 0 Å². The molecule has 0 atom stereocenters. The number of aryl methyl sites for hydroxylation is 1. The minimum Gasteiger partial charge on any atom is -0.389 e. The van der Waals surface area contributed by atoms with Gasteiger partial charge in [0.05, 0.1) is 0 Å². The maximum atomic E-state index is 13.4. The molecule has 0 saturated carbocycles. The van der Waals surface area contributed by atoms with Crippen LogP contribution in [0.5, 0.6) is 0 Å². The second-order valence-corrected chi connectivity index (χ2v) is 4.88. The smallest absolute Gasteiger partial charge is 0.133 e. The lowest BCUT2D eigenvalue weighted by Crippen LogP contribution is -2.19. The fourth-order valence-electron chi connectivity index (χ4n) is 2.05. The molecule has 1 aromatic heterocycles. The van der Waals surface area contributed by atoms with Gasteiger partial charge in [-0.05, 0) is 44.2 Å². The third-order valence-corrected chi connectivity index (χ3v) is 3.17. The Morgan fingerprint density at radius 3 is 2.70 bits per heavy atom. The SMILES string of the molecule is CCN(c1cccc(F)c1)c1cc(C(N)=S)cc(C)n1. The van der Waals surface area contributed by atoms with Gasteiger partial charge in [0.1, 0.15) is 16.6 Å². The zero-order chi connectivity index (χ0) is 14.7. The lowest BCUT2D eigenvalue weighted by atomic mass is 10.2. The number of halogens is 1. The Morgan fingerprint density at radius 2 is 2.10 bits per heavy atom. The first-order valence-corrected chi connectivity index (χ1v) is 6.73. The number of hydrogen-bond donors (Lipinski definition) is 1. The first kappa shape index (κ1) is 14.4. The van der Waals surface area contributed by atoms with E-state index in [1.54, 1.807) is 6.07 Å². The summed E-state index contributed by atoms with van der Waals surface area (Å²) in [5, 5.41) is 0. The van der Waals surface area contributed by atoms with Gasteiger partial charge in [-0.3, -0.25) is 0 Å². The van der Waals surface area contributed by atoms with Gasteiger partial charge in [0.15, 0.2) is 0 Å². The lowest BCUT2D eigenvalue weighted by molar-refractivity contribution is 0.627. The number of hydrogen-bond acceptors (Lipinski definition) is 3. The van der Waals surface area contributed by atoms with E-state index < -0.39 is 0 Å². The van der Waals surface area contributed by atoms with E-state index in [4.69, 9.17) is 18.0 Å². The first-order valence-electron chi connectivity index (χ1n) is 6.33. The minimum absolute atomic E-state index is 0.275. The van der Waals surface area contributed by atoms with E-state index in [0.717, 1.165) is 16.9 Å². The van der Waals surface area contributed by atoms with Crippen molar-refractivity contribution in [3.05, 3.63) is 53.5 Å². The molecule has 1 aromatic carbocycles. The van der Waals surface area contributed by atoms with Crippen molar-refractivity contribution >= 4 is 28.7 Å². The number of nitrogens with two attached hydrogens (primary N) is 1. The van der Waals surface area contributed by atoms with Crippen LogP contribution in [-0.4, -0.2) is 16.5 Å². The highest BCUT2D eigenvalue weighted by atomic mass is 32.1. The molecule has 0 spiro atoms. The van der Waals surface area contributed by atoms with E-state index >= 15 is 0 Å². The monoisotopic (exact) mass is 289 g/mol. The van der Waals surface area contributed by atoms with Crippen molar-refractivity contribution in [2.75, 3.05) is 11.4 Å². The summed E-state index contributed by atoms with van der Waals surface area (Å²) in [6.45, 7) is 4.52. The number of aromatic nitrogens is 1. The van der Waals surface area contributed by atoms with Gasteiger partial charge in [-0.25, -0.2) is 9.37 Å². The summed E-state index contributed by atoms with van der Waals surface area (Å²) in [5.41, 5.74) is 8.01. The van der Waals surface area contributed by atoms with Crippen LogP contribution >= 0.6 is 12.2 Å². The molecule has 0 aliphatic heterocycles. The van der Waals surface area contributed by atoms with Gasteiger partial charge in [0.2, 0.25) is 0 Å². The van der Waals surface area contributed by atoms with Crippen LogP contribution in [0.2, 0.25) is 0 Å². The number of nitrogens with zero attached hydrogens (tertiary/aromatic N) is 2. The predicted molar refractivity (Wildman–Crippen MR) is 83.9 cm³/mol. The van der Waals surface area contributed by atoms with Crippen molar-refractivity contribution < 1.29 is 4.39 Å². The number of rotatable bonds is 4. The van der Waals surface area contributed by atoms with Crippen LogP contribution in [-0.2, 0) is 0 Å². The van der Waals surface area contributed by atoms with Gasteiger partial charge in [-0.2, -0.15) is 0 Å². The number of benzene rings is 1. The van der Waals surface area contributed by atoms with E-state index in [9.17, 15) is 4.39 Å². The van der Waals surface area contributed by atoms with Crippen molar-refractivity contribution in [2.45, 2.75) is 13.8 Å². The molecule has 0 aliphatic rings. The second-order valence-electron chi connectivity index (χ2n) is 4.44. The zero-order valence-corrected chi connectivity index (χ0v) is 12.2. The average Bonchev–Trinajstić information content (AvgIpc) is 2.39. The molecule has 2 N–H and O–H groups in total. The molecule has 1 heterocycles. The fourth-order valence-corrected chi connectivity index (χ4v) is 2.17. The maximum absolute atomic E-state index is 13.4. The topological polar surface area (TPSA) is 42.1 Å². The summed E-state index contributed by atoms with van der Waals surface area (Å²) in [5.74, 6) is 0.434. The summed E-state index contributed by atoms with van der Waals surface area (Å²) >= 11 is 5.01. The van der Waals surface area contributed by atoms with Crippen LogP contribution in [0.15, 0.2) is 36.4 Å². The summed E-state index contributed by atoms with van der Waals surface area (Å²) in [6.07, 6.45) is 0. The molecular weight excluding hydrogens is 273 g/mol. The van der Waals surface area contributed by atoms with Gasteiger partial charge < -0.3 is 10.6 Å². The van der Waals surface area contributed by atoms with Gasteiger partial charge in [0.25, 0.3) is 0 Å². The number of thiocarbonyl (C=S) groups is 1. The first-order chi connectivity index (χ1) is 9.51. The third kappa shape index (κ3) is 3.11. The van der Waals surface area contributed by atoms with Crippen molar-refractivity contribution in [3.63, 3.8) is 0 Å². The molecule has 0 amide bonds. The summed E-state index contributed by atoms with van der Waals surface area (Å²) in [6, 6.07) is 10.1. The molecule has 0 unspecified atom stereocenters. The van der Waals surface area contributed by atoms with Crippen LogP contribution in [0, 0.1) is 12.7 Å². The summed E-state index contributed by atoms with van der Waals surface area (Å²) in [7, 11) is 0. The van der Waals surface area contributed by atoms with Crippen molar-refractivity contribution in [1.29, 1.82) is 0 Å². The highest BCUT2D eigenvalue weighted by Crippen LogP contribution is 2.25. The molecule has 0 radical (unpaired) electrons. The molecule has 20 heavy (non-hydrogen) atoms. The summed E-state index contributed by atoms with van der Waals surface area (Å²) < 4.78 is 13.4. The standard InChI is InChI=1S/C15H16FN3S/c1-3-19(13-6-4-5-12(16)9-13)14-8-11(15(17)20)7-10(2)18-14/h4-9H,3H2,1-2H3,(H2,17,20). The average molecular weight is 289 g/mol. The molecular formula is C15H16FN3S. The minimum atomic E-state index is -0.275. The molecule has 2 rings (SSSR count). The maximum Gasteiger partial charge on any atom is 0.133 e. The van der Waals surface area contributed by atoms with E-state index in [0.29, 0.717) is 17.4 Å². The van der Waals surface area contributed by atoms with Gasteiger partial charge in [0, 0.05) is 23.5 Å². The fraction of sp³-hybridized carbons (Fsp3) is 0.200. The highest BCUT2D eigenvalue weighted by Gasteiger charge is 2.11. The largest absolute Gasteiger partial charge is 0.389 e. The van der Waals surface area contributed by atoms with Gasteiger partial charge >= 0.3 is 0 Å². The van der Waals surface area contributed by atoms with Crippen molar-refractivity contribution in [2.24, 2.45) is 5.73 Å². The molecule has 0 saturated heterocycles. The Bertz CT molecular complexity index is 643. The Kier molecular flexibility index (Phi) is 4.29. The molecule has 0 bridgehead atoms. The van der Waals surface area contributed by atoms with Crippen LogP contribution in [0.25, 0.3) is 0 Å². The predicted octanol–water partition coefficient (Wildman–Crippen LogP) is 3.32. The molecule has 0 fully saturated rings. The second kappa shape index (κ2) is 5.96. The molecule has 104 valence electrons. The van der Waals surface area contributed by atoms with Crippen molar-refractivity contribution in [1.82, 2.24) is 4.98 Å². The van der Waals surface area contributed by atoms with E-state index in [-0.39, 0.29) is 5.82 Å². The van der Waals surface area contributed by atoms with Gasteiger partial charge in [-0.1, -0.05) is 18.3 Å². The van der Waals surface area contributed by atoms with Crippen LogP contribution in [0.4, 0.5) is 15.9 Å². The third-order valence-electron chi connectivity index (χ3n) is 2.94. The molecule has 3 nitrogen and oxygen atoms in total. The normalized spacial score (nSPS) is 10.3. The Labute approximate surface area is 123 Å². The van der Waals surface area contributed by atoms with E-state index in [1.807, 2.05) is 36.9 Å². The van der Waals surface area contributed by atoms with Crippen LogP contribution in [0.1, 0.15) is 18.2 Å². The Hall–Kier alpha value is -2.01. The Morgan fingerprint density at radius 1 is 1.35 bits per heavy atom. The lowest BCUT2D eigenvalue weighted by Gasteiger charge is -2.23. The van der Waals surface area contributed by atoms with E-state index in [2.05, 4.69) is 4.98 Å². The van der Waals surface area contributed by atoms with Crippen LogP contribution < -0.4 is 10.6 Å². The highest BCUT2D eigenvalue weighted by molar-refractivity contribution is 7.80. The number of anilines is 2. The van der Waals surface area contributed by atoms with Crippen molar-refractivity contribution in [3.8, 4) is 0 Å². The quantitative estimate of drug-likeness (QED) is 0.877. The molecule has 5 heteroatoms. The molecule has 0 aliphatic carbocycles. The molecule has 2 aromatic rings. The van der Waals surface area contributed by atoms with Crippen LogP contribution in [0.3, 0.4) is 0 Å². The number of pyridine rings is 1. The summed E-state index contributed by atoms with van der Waals surface area (Å²) in [4.78, 5) is 6.72.